The standard InChI is InChI=1S/C10H18O2/c1-3-4-5-6-7-8-10(2)12-9-11/h3-4,9-10H,5-8H2,1-2H3. The smallest absolute Gasteiger partial charge is 0.293 e. The number of carbonyl (C=O) groups excluding carboxylic acids is 1. The lowest BCUT2D eigenvalue weighted by Crippen LogP contribution is -2.05. The summed E-state index contributed by atoms with van der Waals surface area (Å²) in [4.78, 5) is 9.92. The fourth-order valence-corrected chi connectivity index (χ4v) is 1.02. The molecule has 0 N–H and O–H groups in total. The molecule has 2 nitrogen and oxygen atoms in total. The van der Waals surface area contributed by atoms with E-state index in [1.165, 1.54) is 6.42 Å². The molecule has 0 fully saturated rings. The lowest BCUT2D eigenvalue weighted by Gasteiger charge is -2.07. The van der Waals surface area contributed by atoms with Crippen LogP contribution >= 0.6 is 0 Å². The van der Waals surface area contributed by atoms with Gasteiger partial charge < -0.3 is 4.74 Å². The van der Waals surface area contributed by atoms with Crippen molar-refractivity contribution in [1.82, 2.24) is 0 Å². The molecule has 70 valence electrons. The molecule has 0 aromatic carbocycles. The van der Waals surface area contributed by atoms with E-state index >= 15 is 0 Å². The Morgan fingerprint density at radius 3 is 2.75 bits per heavy atom. The molecule has 2 heteroatoms. The average Bonchev–Trinajstić information content (AvgIpc) is 2.05. The van der Waals surface area contributed by atoms with Crippen molar-refractivity contribution in [1.29, 1.82) is 0 Å². The molecule has 1 unspecified atom stereocenters. The van der Waals surface area contributed by atoms with Crippen LogP contribution in [0.2, 0.25) is 0 Å². The van der Waals surface area contributed by atoms with Crippen molar-refractivity contribution in [2.75, 3.05) is 0 Å². The summed E-state index contributed by atoms with van der Waals surface area (Å²) < 4.78 is 4.75. The SMILES string of the molecule is CC=CCCCCC(C)OC=O. The van der Waals surface area contributed by atoms with Gasteiger partial charge in [0.05, 0.1) is 6.10 Å². The highest BCUT2D eigenvalue weighted by atomic mass is 16.5. The zero-order chi connectivity index (χ0) is 9.23. The van der Waals surface area contributed by atoms with Crippen LogP contribution < -0.4 is 0 Å². The summed E-state index contributed by atoms with van der Waals surface area (Å²) in [5.41, 5.74) is 0. The lowest BCUT2D eigenvalue weighted by molar-refractivity contribution is -0.133. The molecule has 0 spiro atoms. The van der Waals surface area contributed by atoms with Gasteiger partial charge in [0.15, 0.2) is 0 Å². The van der Waals surface area contributed by atoms with Crippen LogP contribution in [-0.2, 0) is 9.53 Å². The first-order chi connectivity index (χ1) is 5.81. The molecular formula is C10H18O2. The number of ether oxygens (including phenoxy) is 1. The van der Waals surface area contributed by atoms with Crippen molar-refractivity contribution in [3.63, 3.8) is 0 Å². The van der Waals surface area contributed by atoms with Gasteiger partial charge in [-0.1, -0.05) is 12.2 Å². The Balaban J connectivity index is 3.13. The maximum Gasteiger partial charge on any atom is 0.293 e. The predicted octanol–water partition coefficient (Wildman–Crippen LogP) is 2.68. The van der Waals surface area contributed by atoms with Crippen LogP contribution in [0.5, 0.6) is 0 Å². The van der Waals surface area contributed by atoms with Gasteiger partial charge in [-0.3, -0.25) is 4.79 Å². The minimum Gasteiger partial charge on any atom is -0.465 e. The molecule has 0 aliphatic rings. The van der Waals surface area contributed by atoms with E-state index in [9.17, 15) is 4.79 Å². The number of unbranched alkanes of at least 4 members (excludes halogenated alkanes) is 2. The van der Waals surface area contributed by atoms with Gasteiger partial charge in [-0.05, 0) is 39.5 Å². The van der Waals surface area contributed by atoms with Gasteiger partial charge in [-0.25, -0.2) is 0 Å². The number of hydrogen-bond acceptors (Lipinski definition) is 2. The van der Waals surface area contributed by atoms with E-state index in [2.05, 4.69) is 12.2 Å². The summed E-state index contributed by atoms with van der Waals surface area (Å²) in [5, 5.41) is 0. The van der Waals surface area contributed by atoms with Crippen molar-refractivity contribution in [3.05, 3.63) is 12.2 Å². The summed E-state index contributed by atoms with van der Waals surface area (Å²) >= 11 is 0. The highest BCUT2D eigenvalue weighted by Crippen LogP contribution is 2.05. The third-order valence-corrected chi connectivity index (χ3v) is 1.76. The fourth-order valence-electron chi connectivity index (χ4n) is 1.02. The summed E-state index contributed by atoms with van der Waals surface area (Å²) in [6.45, 7) is 4.47. The number of carbonyl (C=O) groups is 1. The van der Waals surface area contributed by atoms with Crippen molar-refractivity contribution in [3.8, 4) is 0 Å². The highest BCUT2D eigenvalue weighted by Gasteiger charge is 1.99. The Kier molecular flexibility index (Phi) is 7.76. The van der Waals surface area contributed by atoms with Gasteiger partial charge in [0.1, 0.15) is 0 Å². The minimum atomic E-state index is 0.0770. The molecular weight excluding hydrogens is 152 g/mol. The van der Waals surface area contributed by atoms with Crippen LogP contribution in [0.15, 0.2) is 12.2 Å². The second-order valence-corrected chi connectivity index (χ2v) is 2.90. The molecule has 0 aromatic heterocycles. The van der Waals surface area contributed by atoms with E-state index in [0.717, 1.165) is 19.3 Å². The van der Waals surface area contributed by atoms with Crippen molar-refractivity contribution >= 4 is 6.47 Å². The van der Waals surface area contributed by atoms with Crippen molar-refractivity contribution in [2.24, 2.45) is 0 Å². The summed E-state index contributed by atoms with van der Waals surface area (Å²) in [6, 6.07) is 0. The maximum absolute atomic E-state index is 9.92. The summed E-state index contributed by atoms with van der Waals surface area (Å²) in [6.07, 6.45) is 8.70. The zero-order valence-electron chi connectivity index (χ0n) is 7.95. The van der Waals surface area contributed by atoms with Crippen LogP contribution in [0, 0.1) is 0 Å². The molecule has 0 radical (unpaired) electrons. The Labute approximate surface area is 74.6 Å². The molecule has 0 rings (SSSR count). The Hall–Kier alpha value is -0.790. The van der Waals surface area contributed by atoms with Crippen molar-refractivity contribution < 1.29 is 9.53 Å². The predicted molar refractivity (Wildman–Crippen MR) is 49.9 cm³/mol. The van der Waals surface area contributed by atoms with E-state index in [1.807, 2.05) is 13.8 Å². The molecule has 0 aromatic rings. The molecule has 0 aliphatic heterocycles. The molecule has 0 saturated heterocycles. The largest absolute Gasteiger partial charge is 0.465 e. The monoisotopic (exact) mass is 170 g/mol. The third kappa shape index (κ3) is 7.32. The Morgan fingerprint density at radius 1 is 1.42 bits per heavy atom. The maximum atomic E-state index is 9.92. The summed E-state index contributed by atoms with van der Waals surface area (Å²) in [7, 11) is 0. The topological polar surface area (TPSA) is 26.3 Å². The van der Waals surface area contributed by atoms with E-state index in [1.54, 1.807) is 0 Å². The lowest BCUT2D eigenvalue weighted by atomic mass is 10.1. The van der Waals surface area contributed by atoms with Crippen LogP contribution in [0.25, 0.3) is 0 Å². The molecule has 0 heterocycles. The molecule has 0 saturated carbocycles. The van der Waals surface area contributed by atoms with E-state index in [4.69, 9.17) is 4.74 Å². The quantitative estimate of drug-likeness (QED) is 0.333. The number of rotatable bonds is 7. The minimum absolute atomic E-state index is 0.0770. The normalized spacial score (nSPS) is 13.2. The van der Waals surface area contributed by atoms with Gasteiger partial charge in [0.2, 0.25) is 0 Å². The van der Waals surface area contributed by atoms with Crippen LogP contribution in [0.3, 0.4) is 0 Å². The zero-order valence-corrected chi connectivity index (χ0v) is 7.95. The molecule has 12 heavy (non-hydrogen) atoms. The Morgan fingerprint density at radius 2 is 2.17 bits per heavy atom. The first kappa shape index (κ1) is 11.2. The second kappa shape index (κ2) is 8.31. The van der Waals surface area contributed by atoms with Gasteiger partial charge in [0.25, 0.3) is 6.47 Å². The Bertz CT molecular complexity index is 130. The van der Waals surface area contributed by atoms with Gasteiger partial charge in [0, 0.05) is 0 Å². The van der Waals surface area contributed by atoms with E-state index in [-0.39, 0.29) is 6.10 Å². The van der Waals surface area contributed by atoms with Gasteiger partial charge >= 0.3 is 0 Å². The number of hydrogen-bond donors (Lipinski definition) is 0. The first-order valence-electron chi connectivity index (χ1n) is 4.51. The molecule has 0 aliphatic carbocycles. The van der Waals surface area contributed by atoms with Crippen LogP contribution in [0.1, 0.15) is 39.5 Å². The number of allylic oxidation sites excluding steroid dienone is 2. The molecule has 0 bridgehead atoms. The molecule has 0 amide bonds. The van der Waals surface area contributed by atoms with Crippen LogP contribution in [-0.4, -0.2) is 12.6 Å². The van der Waals surface area contributed by atoms with Crippen LogP contribution in [0.4, 0.5) is 0 Å². The average molecular weight is 170 g/mol. The second-order valence-electron chi connectivity index (χ2n) is 2.90. The first-order valence-corrected chi connectivity index (χ1v) is 4.51. The van der Waals surface area contributed by atoms with E-state index in [0.29, 0.717) is 6.47 Å². The van der Waals surface area contributed by atoms with Crippen molar-refractivity contribution in [2.45, 2.75) is 45.6 Å². The van der Waals surface area contributed by atoms with Gasteiger partial charge in [-0.15, -0.1) is 0 Å². The fraction of sp³-hybridized carbons (Fsp3) is 0.700. The van der Waals surface area contributed by atoms with E-state index < -0.39 is 0 Å². The third-order valence-electron chi connectivity index (χ3n) is 1.76. The highest BCUT2D eigenvalue weighted by molar-refractivity contribution is 5.37. The summed E-state index contributed by atoms with van der Waals surface area (Å²) in [5.74, 6) is 0. The van der Waals surface area contributed by atoms with Gasteiger partial charge in [-0.2, -0.15) is 0 Å². The molecule has 1 atom stereocenters.